The fourth-order valence-electron chi connectivity index (χ4n) is 2.19. The summed E-state index contributed by atoms with van der Waals surface area (Å²) in [6.07, 6.45) is 1.74. The molecule has 0 atom stereocenters. The number of hydrogen-bond acceptors (Lipinski definition) is 2. The predicted octanol–water partition coefficient (Wildman–Crippen LogP) is 4.54. The van der Waals surface area contributed by atoms with Crippen LogP contribution in [-0.2, 0) is 0 Å². The van der Waals surface area contributed by atoms with Crippen molar-refractivity contribution in [3.8, 4) is 0 Å². The number of halogens is 1. The molecule has 3 aromatic rings. The Morgan fingerprint density at radius 1 is 1.10 bits per heavy atom. The van der Waals surface area contributed by atoms with Gasteiger partial charge in [0.2, 0.25) is 0 Å². The third kappa shape index (κ3) is 2.25. The van der Waals surface area contributed by atoms with Gasteiger partial charge < -0.3 is 0 Å². The number of nitrogens with zero attached hydrogens (tertiary/aromatic N) is 1. The molecule has 0 unspecified atom stereocenters. The topological polar surface area (TPSA) is 30.0 Å². The Kier molecular flexibility index (Phi) is 3.36. The summed E-state index contributed by atoms with van der Waals surface area (Å²) in [6.45, 7) is 1.98. The molecule has 0 spiro atoms. The van der Waals surface area contributed by atoms with Crippen molar-refractivity contribution in [1.29, 1.82) is 0 Å². The van der Waals surface area contributed by atoms with Crippen molar-refractivity contribution < 1.29 is 4.79 Å². The summed E-state index contributed by atoms with van der Waals surface area (Å²) in [4.78, 5) is 16.9. The molecule has 0 saturated heterocycles. The molecule has 1 aromatic heterocycles. The number of hydrogen-bond donors (Lipinski definition) is 0. The number of aromatic nitrogens is 1. The highest BCUT2D eigenvalue weighted by Gasteiger charge is 2.14. The maximum absolute atomic E-state index is 12.6. The molecule has 98 valence electrons. The van der Waals surface area contributed by atoms with Crippen LogP contribution in [0.1, 0.15) is 21.5 Å². The molecule has 3 heteroatoms. The molecule has 0 aliphatic rings. The van der Waals surface area contributed by atoms with E-state index in [1.165, 1.54) is 0 Å². The van der Waals surface area contributed by atoms with Gasteiger partial charge in [0.25, 0.3) is 0 Å². The molecule has 0 amide bonds. The average molecular weight is 326 g/mol. The Balaban J connectivity index is 2.10. The van der Waals surface area contributed by atoms with Crippen molar-refractivity contribution in [3.63, 3.8) is 0 Å². The lowest BCUT2D eigenvalue weighted by molar-refractivity contribution is 0.103. The fraction of sp³-hybridized carbons (Fsp3) is 0.0588. The minimum Gasteiger partial charge on any atom is -0.289 e. The fourth-order valence-corrected chi connectivity index (χ4v) is 2.63. The second-order valence-corrected chi connectivity index (χ2v) is 5.47. The first-order valence-electron chi connectivity index (χ1n) is 6.31. The van der Waals surface area contributed by atoms with E-state index in [9.17, 15) is 4.79 Å². The number of aryl methyl sites for hydroxylation is 1. The highest BCUT2D eigenvalue weighted by atomic mass is 79.9. The van der Waals surface area contributed by atoms with Crippen LogP contribution in [0, 0.1) is 6.92 Å². The summed E-state index contributed by atoms with van der Waals surface area (Å²) < 4.78 is 0.853. The Hall–Kier alpha value is -2.00. The van der Waals surface area contributed by atoms with Gasteiger partial charge in [0.15, 0.2) is 5.78 Å². The van der Waals surface area contributed by atoms with Crippen LogP contribution in [0.2, 0.25) is 0 Å². The number of rotatable bonds is 2. The molecule has 1 heterocycles. The lowest BCUT2D eigenvalue weighted by atomic mass is 10.0. The van der Waals surface area contributed by atoms with Crippen LogP contribution in [0.5, 0.6) is 0 Å². The molecule has 0 N–H and O–H groups in total. The van der Waals surface area contributed by atoms with E-state index in [1.807, 2.05) is 55.5 Å². The lowest BCUT2D eigenvalue weighted by Gasteiger charge is -2.07. The van der Waals surface area contributed by atoms with Crippen LogP contribution in [0.4, 0.5) is 0 Å². The predicted molar refractivity (Wildman–Crippen MR) is 84.1 cm³/mol. The van der Waals surface area contributed by atoms with E-state index in [0.29, 0.717) is 11.1 Å². The van der Waals surface area contributed by atoms with Gasteiger partial charge in [0.05, 0.1) is 5.52 Å². The van der Waals surface area contributed by atoms with Gasteiger partial charge in [-0.2, -0.15) is 0 Å². The maximum Gasteiger partial charge on any atom is 0.194 e. The Morgan fingerprint density at radius 3 is 2.80 bits per heavy atom. The van der Waals surface area contributed by atoms with Gasteiger partial charge >= 0.3 is 0 Å². The lowest BCUT2D eigenvalue weighted by Crippen LogP contribution is -2.03. The van der Waals surface area contributed by atoms with E-state index in [1.54, 1.807) is 6.20 Å². The molecule has 0 aliphatic heterocycles. The van der Waals surface area contributed by atoms with Gasteiger partial charge in [0, 0.05) is 27.2 Å². The minimum absolute atomic E-state index is 0.00753. The highest BCUT2D eigenvalue weighted by Crippen LogP contribution is 2.24. The van der Waals surface area contributed by atoms with Crippen molar-refractivity contribution in [2.75, 3.05) is 0 Å². The van der Waals surface area contributed by atoms with Crippen molar-refractivity contribution in [3.05, 3.63) is 75.9 Å². The number of benzene rings is 2. The summed E-state index contributed by atoms with van der Waals surface area (Å²) in [6, 6.07) is 15.2. The first-order chi connectivity index (χ1) is 9.66. The molecule has 0 bridgehead atoms. The summed E-state index contributed by atoms with van der Waals surface area (Å²) in [5.41, 5.74) is 3.22. The van der Waals surface area contributed by atoms with Crippen LogP contribution in [0.3, 0.4) is 0 Å². The van der Waals surface area contributed by atoms with Gasteiger partial charge in [-0.1, -0.05) is 30.3 Å². The van der Waals surface area contributed by atoms with Crippen molar-refractivity contribution in [1.82, 2.24) is 4.98 Å². The minimum atomic E-state index is 0.00753. The van der Waals surface area contributed by atoms with Crippen LogP contribution in [0.25, 0.3) is 10.9 Å². The second kappa shape index (κ2) is 5.17. The number of pyridine rings is 1. The van der Waals surface area contributed by atoms with Gasteiger partial charge in [-0.05, 0) is 46.6 Å². The Bertz CT molecular complexity index is 811. The first-order valence-corrected chi connectivity index (χ1v) is 7.11. The van der Waals surface area contributed by atoms with Gasteiger partial charge in [-0.3, -0.25) is 9.78 Å². The van der Waals surface area contributed by atoms with E-state index in [4.69, 9.17) is 0 Å². The van der Waals surface area contributed by atoms with E-state index in [2.05, 4.69) is 20.9 Å². The van der Waals surface area contributed by atoms with Gasteiger partial charge in [0.1, 0.15) is 0 Å². The van der Waals surface area contributed by atoms with Gasteiger partial charge in [-0.25, -0.2) is 0 Å². The first kappa shape index (κ1) is 13.0. The second-order valence-electron chi connectivity index (χ2n) is 4.68. The van der Waals surface area contributed by atoms with E-state index in [0.717, 1.165) is 20.9 Å². The summed E-state index contributed by atoms with van der Waals surface area (Å²) >= 11 is 3.49. The largest absolute Gasteiger partial charge is 0.289 e. The zero-order valence-electron chi connectivity index (χ0n) is 10.9. The number of ketones is 1. The molecule has 20 heavy (non-hydrogen) atoms. The molecule has 0 aliphatic carbocycles. The summed E-state index contributed by atoms with van der Waals surface area (Å²) in [7, 11) is 0. The molecule has 3 rings (SSSR count). The molecule has 2 nitrogen and oxygen atoms in total. The molecular weight excluding hydrogens is 314 g/mol. The van der Waals surface area contributed by atoms with Crippen LogP contribution in [0.15, 0.2) is 59.2 Å². The monoisotopic (exact) mass is 325 g/mol. The summed E-state index contributed by atoms with van der Waals surface area (Å²) in [5.74, 6) is 0.00753. The normalized spacial score (nSPS) is 10.7. The van der Waals surface area contributed by atoms with Crippen molar-refractivity contribution in [2.24, 2.45) is 0 Å². The Morgan fingerprint density at radius 2 is 1.95 bits per heavy atom. The standard InChI is InChI=1S/C17H12BrNO/c1-11-4-2-6-14(16(11)18)17(20)13-8-7-12-5-3-9-19-15(12)10-13/h2-10H,1H3. The molecule has 0 saturated carbocycles. The quantitative estimate of drug-likeness (QED) is 0.647. The molecule has 0 fully saturated rings. The maximum atomic E-state index is 12.6. The Labute approximate surface area is 125 Å². The van der Waals surface area contributed by atoms with Crippen LogP contribution < -0.4 is 0 Å². The molecular formula is C17H12BrNO. The molecule has 2 aromatic carbocycles. The van der Waals surface area contributed by atoms with Crippen LogP contribution in [-0.4, -0.2) is 10.8 Å². The zero-order chi connectivity index (χ0) is 14.1. The smallest absolute Gasteiger partial charge is 0.194 e. The highest BCUT2D eigenvalue weighted by molar-refractivity contribution is 9.10. The average Bonchev–Trinajstić information content (AvgIpc) is 2.49. The third-order valence-corrected chi connectivity index (χ3v) is 4.36. The van der Waals surface area contributed by atoms with E-state index >= 15 is 0 Å². The molecule has 0 radical (unpaired) electrons. The van der Waals surface area contributed by atoms with Crippen LogP contribution >= 0.6 is 15.9 Å². The third-order valence-electron chi connectivity index (χ3n) is 3.30. The number of fused-ring (bicyclic) bond motifs is 1. The van der Waals surface area contributed by atoms with E-state index in [-0.39, 0.29) is 5.78 Å². The number of carbonyl (C=O) groups excluding carboxylic acids is 1. The van der Waals surface area contributed by atoms with Crippen molar-refractivity contribution in [2.45, 2.75) is 6.92 Å². The van der Waals surface area contributed by atoms with Crippen molar-refractivity contribution >= 4 is 32.6 Å². The number of carbonyl (C=O) groups is 1. The zero-order valence-corrected chi connectivity index (χ0v) is 12.5. The summed E-state index contributed by atoms with van der Waals surface area (Å²) in [5, 5.41) is 1.03. The SMILES string of the molecule is Cc1cccc(C(=O)c2ccc3cccnc3c2)c1Br. The van der Waals surface area contributed by atoms with Gasteiger partial charge in [-0.15, -0.1) is 0 Å². The van der Waals surface area contributed by atoms with E-state index < -0.39 is 0 Å².